The van der Waals surface area contributed by atoms with E-state index in [4.69, 9.17) is 4.98 Å². The number of nitrogens with zero attached hydrogens (tertiary/aromatic N) is 5. The summed E-state index contributed by atoms with van der Waals surface area (Å²) in [6.07, 6.45) is 9.61. The highest BCUT2D eigenvalue weighted by Gasteiger charge is 2.19. The van der Waals surface area contributed by atoms with E-state index in [2.05, 4.69) is 250 Å². The summed E-state index contributed by atoms with van der Waals surface area (Å²) in [5.74, 6) is 1.88. The summed E-state index contributed by atoms with van der Waals surface area (Å²) >= 11 is 0. The summed E-state index contributed by atoms with van der Waals surface area (Å²) in [6, 6.07) is 81.8. The Morgan fingerprint density at radius 1 is 0.274 bits per heavy atom. The van der Waals surface area contributed by atoms with Crippen LogP contribution in [-0.2, 0) is 14.1 Å². The quantitative estimate of drug-likeness (QED) is 0.130. The summed E-state index contributed by atoms with van der Waals surface area (Å²) in [6.45, 7) is 2.08. The van der Waals surface area contributed by atoms with Gasteiger partial charge < -0.3 is 9.13 Å². The lowest BCUT2D eigenvalue weighted by atomic mass is 9.84. The fraction of sp³-hybridized carbons (Fsp3) is 0.0441. The zero-order valence-electron chi connectivity index (χ0n) is 41.0. The number of rotatable bonds is 11. The lowest BCUT2D eigenvalue weighted by molar-refractivity contribution is 0.925. The largest absolute Gasteiger partial charge is 0.334 e. The number of benzene rings is 9. The Kier molecular flexibility index (Phi) is 11.9. The normalized spacial score (nSPS) is 11.2. The van der Waals surface area contributed by atoms with Gasteiger partial charge in [0.25, 0.3) is 0 Å². The lowest BCUT2D eigenvalue weighted by Crippen LogP contribution is -1.94. The highest BCUT2D eigenvalue weighted by molar-refractivity contribution is 5.97. The van der Waals surface area contributed by atoms with Crippen LogP contribution in [0, 0.1) is 6.92 Å². The van der Waals surface area contributed by atoms with Gasteiger partial charge in [-0.05, 0) is 132 Å². The molecule has 12 rings (SSSR count). The summed E-state index contributed by atoms with van der Waals surface area (Å²) < 4.78 is 4.11. The molecule has 0 spiro atoms. The van der Waals surface area contributed by atoms with Crippen LogP contribution in [-0.4, -0.2) is 24.1 Å². The predicted octanol–water partition coefficient (Wildman–Crippen LogP) is 17.2. The summed E-state index contributed by atoms with van der Waals surface area (Å²) in [4.78, 5) is 14.1. The average molecular weight is 938 g/mol. The molecule has 0 amide bonds. The predicted molar refractivity (Wildman–Crippen MR) is 302 cm³/mol. The van der Waals surface area contributed by atoms with E-state index < -0.39 is 0 Å². The number of hydrogen-bond donors (Lipinski definition) is 0. The SMILES string of the molecule is Cc1ccc(-c2ccc(-c3ccccc3-c3cc(-c4ccccc4-c4ccc(-c5nccn5C)cc4)cc(-c4ccccc4-c4ccc(-c5nccn5C)cc4)c3)c(-c3ccc(-c4ccccc4)cc3)c2)nc1. The molecule has 5 heteroatoms. The molecule has 0 N–H and O–H groups in total. The molecule has 0 saturated heterocycles. The Labute approximate surface area is 427 Å². The molecule has 0 unspecified atom stereocenters. The van der Waals surface area contributed by atoms with Gasteiger partial charge in [0, 0.05) is 61.8 Å². The van der Waals surface area contributed by atoms with Crippen molar-refractivity contribution >= 4 is 0 Å². The molecule has 0 saturated carbocycles. The van der Waals surface area contributed by atoms with Crippen LogP contribution in [0.15, 0.2) is 255 Å². The van der Waals surface area contributed by atoms with Crippen LogP contribution >= 0.6 is 0 Å². The molecule has 3 heterocycles. The molecular formula is C68H51N5. The van der Waals surface area contributed by atoms with Gasteiger partial charge in [-0.15, -0.1) is 0 Å². The fourth-order valence-corrected chi connectivity index (χ4v) is 10.2. The van der Waals surface area contributed by atoms with E-state index in [9.17, 15) is 0 Å². The van der Waals surface area contributed by atoms with Gasteiger partial charge in [0.15, 0.2) is 0 Å². The third-order valence-electron chi connectivity index (χ3n) is 14.0. The van der Waals surface area contributed by atoms with Crippen molar-refractivity contribution in [3.63, 3.8) is 0 Å². The molecule has 0 aliphatic heterocycles. The van der Waals surface area contributed by atoms with Crippen LogP contribution in [0.3, 0.4) is 0 Å². The maximum atomic E-state index is 4.87. The van der Waals surface area contributed by atoms with Crippen LogP contribution in [0.25, 0.3) is 123 Å². The molecule has 73 heavy (non-hydrogen) atoms. The average Bonchev–Trinajstić information content (AvgIpc) is 4.10. The monoisotopic (exact) mass is 937 g/mol. The molecule has 348 valence electrons. The Bertz CT molecular complexity index is 3750. The van der Waals surface area contributed by atoms with Crippen LogP contribution in [0.2, 0.25) is 0 Å². The van der Waals surface area contributed by atoms with Crippen LogP contribution < -0.4 is 0 Å². The third kappa shape index (κ3) is 8.90. The second kappa shape index (κ2) is 19.4. The Morgan fingerprint density at radius 2 is 0.644 bits per heavy atom. The van der Waals surface area contributed by atoms with Crippen molar-refractivity contribution in [1.29, 1.82) is 0 Å². The molecular weight excluding hydrogens is 887 g/mol. The van der Waals surface area contributed by atoms with Gasteiger partial charge in [0.2, 0.25) is 0 Å². The molecule has 0 radical (unpaired) electrons. The van der Waals surface area contributed by atoms with E-state index in [0.717, 1.165) is 117 Å². The molecule has 3 aromatic heterocycles. The van der Waals surface area contributed by atoms with Crippen molar-refractivity contribution in [3.05, 3.63) is 261 Å². The zero-order valence-corrected chi connectivity index (χ0v) is 41.0. The minimum Gasteiger partial charge on any atom is -0.334 e. The topological polar surface area (TPSA) is 48.5 Å². The smallest absolute Gasteiger partial charge is 0.139 e. The van der Waals surface area contributed by atoms with Gasteiger partial charge in [-0.3, -0.25) is 4.98 Å². The Hall–Kier alpha value is -9.45. The first-order valence-electron chi connectivity index (χ1n) is 24.7. The van der Waals surface area contributed by atoms with Gasteiger partial charge in [-0.2, -0.15) is 0 Å². The van der Waals surface area contributed by atoms with Gasteiger partial charge in [0.1, 0.15) is 11.6 Å². The summed E-state index contributed by atoms with van der Waals surface area (Å²) in [7, 11) is 4.07. The molecule has 5 nitrogen and oxygen atoms in total. The van der Waals surface area contributed by atoms with Crippen molar-refractivity contribution in [2.45, 2.75) is 6.92 Å². The van der Waals surface area contributed by atoms with Gasteiger partial charge in [-0.25, -0.2) is 9.97 Å². The van der Waals surface area contributed by atoms with E-state index in [1.807, 2.05) is 45.1 Å². The van der Waals surface area contributed by atoms with Crippen LogP contribution in [0.1, 0.15) is 5.56 Å². The van der Waals surface area contributed by atoms with Crippen LogP contribution in [0.4, 0.5) is 0 Å². The minimum absolute atomic E-state index is 0.939. The van der Waals surface area contributed by atoms with Gasteiger partial charge in [0.05, 0.1) is 5.69 Å². The van der Waals surface area contributed by atoms with Crippen molar-refractivity contribution in [1.82, 2.24) is 24.1 Å². The molecule has 9 aromatic carbocycles. The number of imidazole rings is 2. The number of aromatic nitrogens is 5. The lowest BCUT2D eigenvalue weighted by Gasteiger charge is -2.19. The second-order valence-corrected chi connectivity index (χ2v) is 18.7. The highest BCUT2D eigenvalue weighted by Crippen LogP contribution is 2.45. The van der Waals surface area contributed by atoms with E-state index in [0.29, 0.717) is 0 Å². The Balaban J connectivity index is 1.04. The van der Waals surface area contributed by atoms with Crippen molar-refractivity contribution in [2.75, 3.05) is 0 Å². The number of aryl methyl sites for hydroxylation is 3. The zero-order chi connectivity index (χ0) is 49.3. The fourth-order valence-electron chi connectivity index (χ4n) is 10.2. The van der Waals surface area contributed by atoms with Gasteiger partial charge in [-0.1, -0.05) is 194 Å². The van der Waals surface area contributed by atoms with Crippen molar-refractivity contribution in [3.8, 4) is 123 Å². The van der Waals surface area contributed by atoms with E-state index in [1.54, 1.807) is 0 Å². The van der Waals surface area contributed by atoms with E-state index in [1.165, 1.54) is 11.1 Å². The first-order chi connectivity index (χ1) is 35.9. The summed E-state index contributed by atoms with van der Waals surface area (Å²) in [5, 5.41) is 0. The van der Waals surface area contributed by atoms with Crippen molar-refractivity contribution < 1.29 is 0 Å². The molecule has 0 atom stereocenters. The molecule has 12 aromatic rings. The molecule has 0 bridgehead atoms. The summed E-state index contributed by atoms with van der Waals surface area (Å²) in [5.41, 5.74) is 23.7. The van der Waals surface area contributed by atoms with Gasteiger partial charge >= 0.3 is 0 Å². The highest BCUT2D eigenvalue weighted by atomic mass is 15.0. The van der Waals surface area contributed by atoms with E-state index >= 15 is 0 Å². The maximum absolute atomic E-state index is 4.87. The third-order valence-corrected chi connectivity index (χ3v) is 14.0. The minimum atomic E-state index is 0.939. The number of hydrogen-bond acceptors (Lipinski definition) is 3. The molecule has 0 aliphatic rings. The second-order valence-electron chi connectivity index (χ2n) is 18.7. The molecule has 0 aliphatic carbocycles. The first kappa shape index (κ1) is 44.7. The molecule has 0 fully saturated rings. The van der Waals surface area contributed by atoms with E-state index in [-0.39, 0.29) is 0 Å². The Morgan fingerprint density at radius 3 is 1.10 bits per heavy atom. The van der Waals surface area contributed by atoms with Crippen LogP contribution in [0.5, 0.6) is 0 Å². The first-order valence-corrected chi connectivity index (χ1v) is 24.7. The van der Waals surface area contributed by atoms with Crippen molar-refractivity contribution in [2.24, 2.45) is 14.1 Å². The number of pyridine rings is 1. The maximum Gasteiger partial charge on any atom is 0.139 e. The standard InChI is InChI=1S/C68H51N5/c1-46-21-36-66(71-45-46)54-34-35-64(65(44-54)51-24-22-48(23-25-51)47-13-5-4-6-14-47)63-20-12-11-19-62(63)57-42-55(60-17-9-7-15-58(60)49-26-30-52(31-27-49)67-69-37-39-72(67)2)41-56(43-57)61-18-10-8-16-59(61)50-28-32-53(33-29-50)68-70-38-40-73(68)3/h4-45H,1-3H3.